The summed E-state index contributed by atoms with van der Waals surface area (Å²) in [5, 5.41) is 4.13. The molecule has 0 atom stereocenters. The molecular formula is C13H12BrFN4S. The summed E-state index contributed by atoms with van der Waals surface area (Å²) in [6, 6.07) is 3.20. The molecule has 0 fully saturated rings. The van der Waals surface area contributed by atoms with Crippen LogP contribution in [0.4, 0.5) is 4.39 Å². The Labute approximate surface area is 128 Å². The summed E-state index contributed by atoms with van der Waals surface area (Å²) in [5.41, 5.74) is 2.73. The van der Waals surface area contributed by atoms with Gasteiger partial charge in [0.05, 0.1) is 21.7 Å². The van der Waals surface area contributed by atoms with Crippen LogP contribution in [0.5, 0.6) is 0 Å². The number of nitrogens with one attached hydrogen (secondary N) is 1. The third-order valence-corrected chi connectivity index (χ3v) is 4.13. The summed E-state index contributed by atoms with van der Waals surface area (Å²) >= 11 is 8.49. The lowest BCUT2D eigenvalue weighted by Crippen LogP contribution is -2.01. The van der Waals surface area contributed by atoms with Crippen LogP contribution in [-0.2, 0) is 20.0 Å². The smallest absolute Gasteiger partial charge is 0.178 e. The van der Waals surface area contributed by atoms with Crippen molar-refractivity contribution >= 4 is 39.2 Å². The first kappa shape index (κ1) is 13.5. The van der Waals surface area contributed by atoms with Crippen LogP contribution in [-0.4, -0.2) is 19.3 Å². The lowest BCUT2D eigenvalue weighted by atomic mass is 10.2. The summed E-state index contributed by atoms with van der Waals surface area (Å²) in [6.07, 6.45) is 4.60. The number of H-pyrrole nitrogens is 1. The Kier molecular flexibility index (Phi) is 3.47. The average Bonchev–Trinajstić information content (AvgIpc) is 2.92. The number of hydrogen-bond donors (Lipinski definition) is 1. The molecule has 0 aliphatic heterocycles. The number of halogens is 2. The third-order valence-electron chi connectivity index (χ3n) is 3.20. The first-order chi connectivity index (χ1) is 9.54. The summed E-state index contributed by atoms with van der Waals surface area (Å²) in [4.78, 5) is 3.10. The molecule has 1 aromatic carbocycles. The predicted octanol–water partition coefficient (Wildman–Crippen LogP) is 3.58. The molecule has 2 heterocycles. The second-order valence-corrected chi connectivity index (χ2v) is 5.88. The summed E-state index contributed by atoms with van der Waals surface area (Å²) in [6.45, 7) is 0.686. The van der Waals surface area contributed by atoms with Crippen molar-refractivity contribution in [3.05, 3.63) is 45.2 Å². The lowest BCUT2D eigenvalue weighted by molar-refractivity contribution is 0.620. The van der Waals surface area contributed by atoms with E-state index in [1.165, 1.54) is 6.07 Å². The standard InChI is InChI=1S/C13H12BrFN4S/c1-18-7-8(6-16-18)2-3-19-12-5-10(15)9(14)4-11(12)17-13(19)20/h4-7H,2-3H2,1H3,(H,17,20). The molecule has 0 saturated carbocycles. The Hall–Kier alpha value is -1.47. The molecule has 7 heteroatoms. The molecule has 0 saturated heterocycles. The van der Waals surface area contributed by atoms with Crippen molar-refractivity contribution < 1.29 is 4.39 Å². The van der Waals surface area contributed by atoms with Crippen LogP contribution in [0.3, 0.4) is 0 Å². The van der Waals surface area contributed by atoms with Crippen molar-refractivity contribution in [2.45, 2.75) is 13.0 Å². The number of aromatic amines is 1. The molecule has 2 aromatic heterocycles. The fourth-order valence-corrected chi connectivity index (χ4v) is 2.86. The zero-order valence-electron chi connectivity index (χ0n) is 10.7. The Morgan fingerprint density at radius 1 is 1.45 bits per heavy atom. The van der Waals surface area contributed by atoms with Crippen LogP contribution in [0.2, 0.25) is 0 Å². The van der Waals surface area contributed by atoms with Crippen molar-refractivity contribution in [1.82, 2.24) is 19.3 Å². The van der Waals surface area contributed by atoms with E-state index in [1.54, 1.807) is 10.7 Å². The minimum atomic E-state index is -0.290. The van der Waals surface area contributed by atoms with E-state index in [0.29, 0.717) is 15.8 Å². The third kappa shape index (κ3) is 2.43. The molecule has 0 unspecified atom stereocenters. The predicted molar refractivity (Wildman–Crippen MR) is 81.7 cm³/mol. The normalized spacial score (nSPS) is 11.3. The number of hydrogen-bond acceptors (Lipinski definition) is 2. The molecule has 0 aliphatic carbocycles. The highest BCUT2D eigenvalue weighted by Crippen LogP contribution is 2.23. The molecule has 4 nitrogen and oxygen atoms in total. The maximum absolute atomic E-state index is 13.7. The summed E-state index contributed by atoms with van der Waals surface area (Å²) < 4.78 is 18.4. The lowest BCUT2D eigenvalue weighted by Gasteiger charge is -2.04. The van der Waals surface area contributed by atoms with Gasteiger partial charge in [-0.3, -0.25) is 4.68 Å². The van der Waals surface area contributed by atoms with E-state index in [9.17, 15) is 4.39 Å². The van der Waals surface area contributed by atoms with E-state index in [4.69, 9.17) is 12.2 Å². The van der Waals surface area contributed by atoms with Gasteiger partial charge in [-0.2, -0.15) is 5.10 Å². The van der Waals surface area contributed by atoms with Crippen LogP contribution >= 0.6 is 28.1 Å². The van der Waals surface area contributed by atoms with Gasteiger partial charge in [0.2, 0.25) is 0 Å². The highest BCUT2D eigenvalue weighted by molar-refractivity contribution is 9.10. The SMILES string of the molecule is Cn1cc(CCn2c(=S)[nH]c3cc(Br)c(F)cc32)cn1. The highest BCUT2D eigenvalue weighted by Gasteiger charge is 2.09. The van der Waals surface area contributed by atoms with E-state index in [2.05, 4.69) is 26.0 Å². The molecule has 0 radical (unpaired) electrons. The number of aryl methyl sites for hydroxylation is 3. The fourth-order valence-electron chi connectivity index (χ4n) is 2.22. The number of aromatic nitrogens is 4. The van der Waals surface area contributed by atoms with E-state index in [0.717, 1.165) is 23.0 Å². The molecule has 0 aliphatic rings. The van der Waals surface area contributed by atoms with Gasteiger partial charge in [-0.15, -0.1) is 0 Å². The van der Waals surface area contributed by atoms with Crippen LogP contribution in [0.1, 0.15) is 5.56 Å². The minimum Gasteiger partial charge on any atom is -0.331 e. The summed E-state index contributed by atoms with van der Waals surface area (Å²) in [5.74, 6) is -0.290. The van der Waals surface area contributed by atoms with Crippen LogP contribution in [0.15, 0.2) is 29.0 Å². The second-order valence-electron chi connectivity index (χ2n) is 4.64. The average molecular weight is 355 g/mol. The van der Waals surface area contributed by atoms with E-state index < -0.39 is 0 Å². The van der Waals surface area contributed by atoms with Gasteiger partial charge in [0, 0.05) is 25.9 Å². The number of fused-ring (bicyclic) bond motifs is 1. The fraction of sp³-hybridized carbons (Fsp3) is 0.231. The zero-order valence-corrected chi connectivity index (χ0v) is 13.1. The van der Waals surface area contributed by atoms with Crippen molar-refractivity contribution in [2.24, 2.45) is 7.05 Å². The Balaban J connectivity index is 1.96. The molecule has 3 aromatic rings. The molecule has 0 spiro atoms. The Morgan fingerprint density at radius 3 is 2.95 bits per heavy atom. The van der Waals surface area contributed by atoms with Crippen molar-refractivity contribution in [1.29, 1.82) is 0 Å². The van der Waals surface area contributed by atoms with Gasteiger partial charge in [0.15, 0.2) is 4.77 Å². The quantitative estimate of drug-likeness (QED) is 0.730. The highest BCUT2D eigenvalue weighted by atomic mass is 79.9. The molecule has 0 amide bonds. The Morgan fingerprint density at radius 2 is 2.25 bits per heavy atom. The van der Waals surface area contributed by atoms with Crippen molar-refractivity contribution in [2.75, 3.05) is 0 Å². The van der Waals surface area contributed by atoms with Crippen LogP contribution in [0.25, 0.3) is 11.0 Å². The first-order valence-corrected chi connectivity index (χ1v) is 7.30. The molecule has 3 rings (SSSR count). The van der Waals surface area contributed by atoms with Gasteiger partial charge in [-0.05, 0) is 46.2 Å². The number of benzene rings is 1. The van der Waals surface area contributed by atoms with Crippen LogP contribution in [0, 0.1) is 10.6 Å². The number of imidazole rings is 1. The number of rotatable bonds is 3. The van der Waals surface area contributed by atoms with Crippen molar-refractivity contribution in [3.63, 3.8) is 0 Å². The largest absolute Gasteiger partial charge is 0.331 e. The van der Waals surface area contributed by atoms with Crippen molar-refractivity contribution in [3.8, 4) is 0 Å². The zero-order chi connectivity index (χ0) is 14.3. The summed E-state index contributed by atoms with van der Waals surface area (Å²) in [7, 11) is 1.88. The van der Waals surface area contributed by atoms with Gasteiger partial charge in [0.25, 0.3) is 0 Å². The molecular weight excluding hydrogens is 343 g/mol. The monoisotopic (exact) mass is 354 g/mol. The van der Waals surface area contributed by atoms with Gasteiger partial charge in [-0.1, -0.05) is 0 Å². The first-order valence-electron chi connectivity index (χ1n) is 6.09. The van der Waals surface area contributed by atoms with Gasteiger partial charge in [0.1, 0.15) is 5.82 Å². The van der Waals surface area contributed by atoms with Gasteiger partial charge < -0.3 is 9.55 Å². The maximum atomic E-state index is 13.7. The Bertz CT molecular complexity index is 833. The van der Waals surface area contributed by atoms with Crippen LogP contribution < -0.4 is 0 Å². The number of nitrogens with zero attached hydrogens (tertiary/aromatic N) is 3. The van der Waals surface area contributed by atoms with E-state index in [-0.39, 0.29) is 5.82 Å². The molecule has 0 bridgehead atoms. The van der Waals surface area contributed by atoms with E-state index >= 15 is 0 Å². The van der Waals surface area contributed by atoms with Gasteiger partial charge >= 0.3 is 0 Å². The van der Waals surface area contributed by atoms with E-state index in [1.807, 2.05) is 24.0 Å². The minimum absolute atomic E-state index is 0.290. The molecule has 1 N–H and O–H groups in total. The second kappa shape index (κ2) is 5.14. The topological polar surface area (TPSA) is 38.5 Å². The molecule has 20 heavy (non-hydrogen) atoms. The maximum Gasteiger partial charge on any atom is 0.178 e. The van der Waals surface area contributed by atoms with Gasteiger partial charge in [-0.25, -0.2) is 4.39 Å². The molecule has 104 valence electrons.